The molecule has 0 radical (unpaired) electrons. The van der Waals surface area contributed by atoms with E-state index in [0.717, 1.165) is 5.92 Å². The molecule has 1 rings (SSSR count). The van der Waals surface area contributed by atoms with Crippen LogP contribution < -0.4 is 0 Å². The maximum atomic E-state index is 3.95. The molecule has 0 heterocycles. The van der Waals surface area contributed by atoms with Crippen LogP contribution in [-0.2, 0) is 0 Å². The Balaban J connectivity index is 2.53. The molecular formula is C10H16. The van der Waals surface area contributed by atoms with Crippen molar-refractivity contribution in [3.8, 4) is 0 Å². The van der Waals surface area contributed by atoms with Gasteiger partial charge in [-0.1, -0.05) is 31.2 Å². The Morgan fingerprint density at radius 3 is 2.50 bits per heavy atom. The molecular weight excluding hydrogens is 120 g/mol. The number of hydrogen-bond acceptors (Lipinski definition) is 0. The zero-order valence-electron chi connectivity index (χ0n) is 6.93. The van der Waals surface area contributed by atoms with E-state index in [2.05, 4.69) is 32.6 Å². The summed E-state index contributed by atoms with van der Waals surface area (Å²) < 4.78 is 0. The molecule has 0 amide bonds. The molecule has 0 aromatic heterocycles. The first-order chi connectivity index (χ1) is 4.70. The van der Waals surface area contributed by atoms with Gasteiger partial charge in [0, 0.05) is 0 Å². The quantitative estimate of drug-likeness (QED) is 0.486. The molecule has 10 heavy (non-hydrogen) atoms. The van der Waals surface area contributed by atoms with Crippen molar-refractivity contribution in [1.82, 2.24) is 0 Å². The van der Waals surface area contributed by atoms with E-state index in [1.165, 1.54) is 18.4 Å². The van der Waals surface area contributed by atoms with Crippen LogP contribution in [0.15, 0.2) is 24.3 Å². The molecule has 56 valence electrons. The predicted molar refractivity (Wildman–Crippen MR) is 45.8 cm³/mol. The van der Waals surface area contributed by atoms with Gasteiger partial charge in [0.25, 0.3) is 0 Å². The van der Waals surface area contributed by atoms with E-state index in [0.29, 0.717) is 5.92 Å². The zero-order valence-corrected chi connectivity index (χ0v) is 6.93. The average Bonchev–Trinajstić information content (AvgIpc) is 1.88. The summed E-state index contributed by atoms with van der Waals surface area (Å²) >= 11 is 0. The highest BCUT2D eigenvalue weighted by Gasteiger charge is 2.11. The molecule has 0 aromatic rings. The van der Waals surface area contributed by atoms with Crippen molar-refractivity contribution in [3.63, 3.8) is 0 Å². The molecule has 0 heteroatoms. The number of allylic oxidation sites excluding steroid dienone is 3. The topological polar surface area (TPSA) is 0 Å². The lowest BCUT2D eigenvalue weighted by Crippen LogP contribution is -2.06. The minimum Gasteiger partial charge on any atom is -0.0995 e. The van der Waals surface area contributed by atoms with Crippen LogP contribution >= 0.6 is 0 Å². The van der Waals surface area contributed by atoms with Gasteiger partial charge >= 0.3 is 0 Å². The van der Waals surface area contributed by atoms with Gasteiger partial charge in [0.15, 0.2) is 0 Å². The molecule has 1 aliphatic rings. The minimum atomic E-state index is 0.663. The Kier molecular flexibility index (Phi) is 2.31. The predicted octanol–water partition coefficient (Wildman–Crippen LogP) is 3.16. The molecule has 0 saturated carbocycles. The highest BCUT2D eigenvalue weighted by Crippen LogP contribution is 2.25. The van der Waals surface area contributed by atoms with Gasteiger partial charge in [0.05, 0.1) is 0 Å². The highest BCUT2D eigenvalue weighted by molar-refractivity contribution is 5.10. The number of hydrogen-bond donors (Lipinski definition) is 0. The fourth-order valence-electron chi connectivity index (χ4n) is 1.37. The van der Waals surface area contributed by atoms with Crippen molar-refractivity contribution >= 4 is 0 Å². The zero-order chi connectivity index (χ0) is 7.56. The van der Waals surface area contributed by atoms with Crippen molar-refractivity contribution in [1.29, 1.82) is 0 Å². The molecule has 0 aliphatic heterocycles. The Morgan fingerprint density at radius 1 is 1.40 bits per heavy atom. The van der Waals surface area contributed by atoms with Crippen molar-refractivity contribution in [3.05, 3.63) is 24.3 Å². The van der Waals surface area contributed by atoms with E-state index < -0.39 is 0 Å². The highest BCUT2D eigenvalue weighted by atomic mass is 14.2. The normalized spacial score (nSPS) is 32.2. The van der Waals surface area contributed by atoms with E-state index in [1.54, 1.807) is 0 Å². The smallest absolute Gasteiger partial charge is 0.00284 e. The molecule has 0 aromatic carbocycles. The van der Waals surface area contributed by atoms with Gasteiger partial charge in [0.2, 0.25) is 0 Å². The molecule has 0 saturated heterocycles. The van der Waals surface area contributed by atoms with Gasteiger partial charge < -0.3 is 0 Å². The van der Waals surface area contributed by atoms with Crippen LogP contribution in [0.1, 0.15) is 26.7 Å². The first-order valence-corrected chi connectivity index (χ1v) is 4.04. The van der Waals surface area contributed by atoms with Gasteiger partial charge in [-0.05, 0) is 31.6 Å². The largest absolute Gasteiger partial charge is 0.0995 e. The van der Waals surface area contributed by atoms with Gasteiger partial charge in [-0.2, -0.15) is 0 Å². The lowest BCUT2D eigenvalue weighted by molar-refractivity contribution is 0.517. The summed E-state index contributed by atoms with van der Waals surface area (Å²) in [4.78, 5) is 0. The van der Waals surface area contributed by atoms with Gasteiger partial charge in [0.1, 0.15) is 0 Å². The third-order valence-corrected chi connectivity index (χ3v) is 2.24. The molecule has 0 spiro atoms. The summed E-state index contributed by atoms with van der Waals surface area (Å²) in [5.41, 5.74) is 1.31. The third kappa shape index (κ3) is 1.73. The van der Waals surface area contributed by atoms with Gasteiger partial charge in [-0.3, -0.25) is 0 Å². The van der Waals surface area contributed by atoms with E-state index in [-0.39, 0.29) is 0 Å². The summed E-state index contributed by atoms with van der Waals surface area (Å²) in [5, 5.41) is 0. The molecule has 0 fully saturated rings. The first kappa shape index (κ1) is 7.59. The van der Waals surface area contributed by atoms with E-state index in [9.17, 15) is 0 Å². The van der Waals surface area contributed by atoms with Crippen LogP contribution in [0.2, 0.25) is 0 Å². The monoisotopic (exact) mass is 136 g/mol. The average molecular weight is 136 g/mol. The molecule has 0 unspecified atom stereocenters. The standard InChI is InChI=1S/C10H16/c1-8(2)10-6-4-9(3)5-7-10/h4,6,9-10H,1,5,7H2,2-3H3/t9-,10-/m0/s1. The van der Waals surface area contributed by atoms with E-state index in [4.69, 9.17) is 0 Å². The lowest BCUT2D eigenvalue weighted by atomic mass is 9.86. The summed E-state index contributed by atoms with van der Waals surface area (Å²) in [7, 11) is 0. The SMILES string of the molecule is C=C(C)[C@H]1C=C[C@H](C)CC1. The molecule has 0 N–H and O–H groups in total. The van der Waals surface area contributed by atoms with Crippen LogP contribution in [0.25, 0.3) is 0 Å². The Labute approximate surface area is 63.6 Å². The maximum absolute atomic E-state index is 3.95. The Hall–Kier alpha value is -0.520. The van der Waals surface area contributed by atoms with E-state index >= 15 is 0 Å². The summed E-state index contributed by atoms with van der Waals surface area (Å²) in [6, 6.07) is 0. The molecule has 0 nitrogen and oxygen atoms in total. The van der Waals surface area contributed by atoms with Crippen LogP contribution in [0, 0.1) is 11.8 Å². The van der Waals surface area contributed by atoms with Crippen molar-refractivity contribution in [2.24, 2.45) is 11.8 Å². The van der Waals surface area contributed by atoms with Crippen LogP contribution in [-0.4, -0.2) is 0 Å². The van der Waals surface area contributed by atoms with Gasteiger partial charge in [-0.15, -0.1) is 0 Å². The number of rotatable bonds is 1. The van der Waals surface area contributed by atoms with Crippen molar-refractivity contribution in [2.75, 3.05) is 0 Å². The Bertz CT molecular complexity index is 153. The maximum Gasteiger partial charge on any atom is -0.00284 e. The summed E-state index contributed by atoms with van der Waals surface area (Å²) in [6.45, 7) is 8.34. The second-order valence-corrected chi connectivity index (χ2v) is 3.39. The lowest BCUT2D eigenvalue weighted by Gasteiger charge is -2.19. The fraction of sp³-hybridized carbons (Fsp3) is 0.600. The van der Waals surface area contributed by atoms with Gasteiger partial charge in [-0.25, -0.2) is 0 Å². The first-order valence-electron chi connectivity index (χ1n) is 4.04. The van der Waals surface area contributed by atoms with Crippen molar-refractivity contribution < 1.29 is 0 Å². The minimum absolute atomic E-state index is 0.663. The molecule has 0 bridgehead atoms. The van der Waals surface area contributed by atoms with Crippen LogP contribution in [0.4, 0.5) is 0 Å². The van der Waals surface area contributed by atoms with Crippen LogP contribution in [0.3, 0.4) is 0 Å². The fourth-order valence-corrected chi connectivity index (χ4v) is 1.37. The van der Waals surface area contributed by atoms with Crippen molar-refractivity contribution in [2.45, 2.75) is 26.7 Å². The Morgan fingerprint density at radius 2 is 2.10 bits per heavy atom. The molecule has 1 aliphatic carbocycles. The molecule has 2 atom stereocenters. The summed E-state index contributed by atoms with van der Waals surface area (Å²) in [6.07, 6.45) is 7.24. The summed E-state index contributed by atoms with van der Waals surface area (Å²) in [5.74, 6) is 1.45. The van der Waals surface area contributed by atoms with E-state index in [1.807, 2.05) is 0 Å². The second-order valence-electron chi connectivity index (χ2n) is 3.39. The second kappa shape index (κ2) is 3.05. The third-order valence-electron chi connectivity index (χ3n) is 2.24. The van der Waals surface area contributed by atoms with Crippen LogP contribution in [0.5, 0.6) is 0 Å².